The van der Waals surface area contributed by atoms with Crippen molar-refractivity contribution in [2.75, 3.05) is 30.8 Å². The minimum absolute atomic E-state index is 0.0543. The third-order valence-corrected chi connectivity index (χ3v) is 7.36. The van der Waals surface area contributed by atoms with E-state index in [1.54, 1.807) is 31.4 Å². The molecule has 204 valence electrons. The molecule has 0 fully saturated rings. The van der Waals surface area contributed by atoms with Crippen LogP contribution in [0, 0.1) is 0 Å². The fourth-order valence-corrected chi connectivity index (χ4v) is 5.02. The molecule has 2 aromatic carbocycles. The second-order valence-corrected chi connectivity index (χ2v) is 11.3. The van der Waals surface area contributed by atoms with E-state index >= 15 is 0 Å². The van der Waals surface area contributed by atoms with E-state index in [1.165, 1.54) is 4.90 Å². The van der Waals surface area contributed by atoms with Crippen molar-refractivity contribution in [2.45, 2.75) is 65.5 Å². The van der Waals surface area contributed by atoms with Crippen molar-refractivity contribution in [2.24, 2.45) is 0 Å². The zero-order chi connectivity index (χ0) is 27.6. The predicted molar refractivity (Wildman–Crippen MR) is 148 cm³/mol. The van der Waals surface area contributed by atoms with E-state index in [0.29, 0.717) is 24.4 Å². The Kier molecular flexibility index (Phi) is 11.4. The van der Waals surface area contributed by atoms with E-state index in [0.717, 1.165) is 34.5 Å². The van der Waals surface area contributed by atoms with Gasteiger partial charge in [0, 0.05) is 13.1 Å². The van der Waals surface area contributed by atoms with E-state index in [2.05, 4.69) is 5.32 Å². The Labute approximate surface area is 222 Å². The molecular formula is C28H41N3O5S. The van der Waals surface area contributed by atoms with E-state index < -0.39 is 28.5 Å². The molecule has 2 aromatic rings. The first-order valence-electron chi connectivity index (χ1n) is 12.8. The van der Waals surface area contributed by atoms with Crippen LogP contribution in [0.5, 0.6) is 5.75 Å². The third-order valence-electron chi connectivity index (χ3n) is 6.23. The number of nitrogens with one attached hydrogen (secondary N) is 1. The number of hydrogen-bond acceptors (Lipinski definition) is 5. The molecule has 2 amide bonds. The Hall–Kier alpha value is -3.07. The number of amides is 2. The number of sulfonamides is 1. The Bertz CT molecular complexity index is 1130. The van der Waals surface area contributed by atoms with Gasteiger partial charge in [0.1, 0.15) is 18.3 Å². The molecule has 0 aliphatic rings. The standard InChI is InChI=1S/C28H41N3O5S/c1-7-9-18-29-28(33)25(8-2)30(19-22-14-16-23(36-5)17-15-22)27(32)20-31(37(6,34)35)26-13-11-10-12-24(26)21(3)4/h10-17,21,25H,7-9,18-20H2,1-6H3,(H,29,33). The van der Waals surface area contributed by atoms with Crippen LogP contribution in [0.2, 0.25) is 0 Å². The van der Waals surface area contributed by atoms with Crippen molar-refractivity contribution in [3.8, 4) is 5.75 Å². The van der Waals surface area contributed by atoms with Gasteiger partial charge in [0.2, 0.25) is 21.8 Å². The molecule has 8 nitrogen and oxygen atoms in total. The van der Waals surface area contributed by atoms with Crippen LogP contribution in [0.25, 0.3) is 0 Å². The van der Waals surface area contributed by atoms with Crippen molar-refractivity contribution in [3.05, 3.63) is 59.7 Å². The van der Waals surface area contributed by atoms with Crippen LogP contribution in [-0.2, 0) is 26.2 Å². The summed E-state index contributed by atoms with van der Waals surface area (Å²) in [7, 11) is -2.21. The van der Waals surface area contributed by atoms with Gasteiger partial charge in [0.15, 0.2) is 0 Å². The van der Waals surface area contributed by atoms with E-state index in [9.17, 15) is 18.0 Å². The van der Waals surface area contributed by atoms with Crippen LogP contribution >= 0.6 is 0 Å². The van der Waals surface area contributed by atoms with Gasteiger partial charge in [-0.05, 0) is 48.1 Å². The van der Waals surface area contributed by atoms with Crippen LogP contribution in [0.4, 0.5) is 5.69 Å². The van der Waals surface area contributed by atoms with Crippen LogP contribution < -0.4 is 14.4 Å². The van der Waals surface area contributed by atoms with Gasteiger partial charge in [-0.25, -0.2) is 8.42 Å². The Morgan fingerprint density at radius 2 is 1.68 bits per heavy atom. The van der Waals surface area contributed by atoms with Gasteiger partial charge in [-0.3, -0.25) is 13.9 Å². The van der Waals surface area contributed by atoms with Gasteiger partial charge in [-0.1, -0.05) is 64.4 Å². The summed E-state index contributed by atoms with van der Waals surface area (Å²) in [4.78, 5) is 28.4. The van der Waals surface area contributed by atoms with Crippen molar-refractivity contribution in [1.29, 1.82) is 0 Å². The van der Waals surface area contributed by atoms with Crippen molar-refractivity contribution in [1.82, 2.24) is 10.2 Å². The molecular weight excluding hydrogens is 490 g/mol. The highest BCUT2D eigenvalue weighted by molar-refractivity contribution is 7.92. The third kappa shape index (κ3) is 8.49. The highest BCUT2D eigenvalue weighted by Gasteiger charge is 2.32. The number of methoxy groups -OCH3 is 1. The van der Waals surface area contributed by atoms with Crippen LogP contribution in [0.3, 0.4) is 0 Å². The van der Waals surface area contributed by atoms with E-state index in [-0.39, 0.29) is 18.4 Å². The first-order chi connectivity index (χ1) is 17.5. The Morgan fingerprint density at radius 3 is 2.22 bits per heavy atom. The number of carbonyl (C=O) groups excluding carboxylic acids is 2. The lowest BCUT2D eigenvalue weighted by Crippen LogP contribution is -2.52. The first kappa shape index (κ1) is 30.2. The molecule has 0 spiro atoms. The van der Waals surface area contributed by atoms with Gasteiger partial charge in [-0.2, -0.15) is 0 Å². The number of ether oxygens (including phenoxy) is 1. The molecule has 0 aromatic heterocycles. The van der Waals surface area contributed by atoms with Gasteiger partial charge in [0.25, 0.3) is 0 Å². The van der Waals surface area contributed by atoms with Crippen molar-refractivity contribution < 1.29 is 22.7 Å². The quantitative estimate of drug-likeness (QED) is 0.367. The molecule has 0 saturated heterocycles. The fourth-order valence-electron chi connectivity index (χ4n) is 4.15. The summed E-state index contributed by atoms with van der Waals surface area (Å²) >= 11 is 0. The number of anilines is 1. The summed E-state index contributed by atoms with van der Waals surface area (Å²) in [6, 6.07) is 13.7. The number of benzene rings is 2. The van der Waals surface area contributed by atoms with Gasteiger partial charge >= 0.3 is 0 Å². The lowest BCUT2D eigenvalue weighted by molar-refractivity contribution is -0.140. The van der Waals surface area contributed by atoms with Crippen molar-refractivity contribution >= 4 is 27.5 Å². The molecule has 0 bridgehead atoms. The summed E-state index contributed by atoms with van der Waals surface area (Å²) in [5.41, 5.74) is 2.10. The smallest absolute Gasteiger partial charge is 0.244 e. The van der Waals surface area contributed by atoms with Gasteiger partial charge in [-0.15, -0.1) is 0 Å². The summed E-state index contributed by atoms with van der Waals surface area (Å²) in [5.74, 6) is 0.0433. The minimum atomic E-state index is -3.79. The second-order valence-electron chi connectivity index (χ2n) is 9.42. The molecule has 0 radical (unpaired) electrons. The maximum absolute atomic E-state index is 13.8. The number of unbranched alkanes of at least 4 members (excludes halogenated alkanes) is 1. The SMILES string of the molecule is CCCCNC(=O)C(CC)N(Cc1ccc(OC)cc1)C(=O)CN(c1ccccc1C(C)C)S(C)(=O)=O. The number of rotatable bonds is 14. The van der Waals surface area contributed by atoms with Crippen LogP contribution in [0.15, 0.2) is 48.5 Å². The van der Waals surface area contributed by atoms with Gasteiger partial charge in [0.05, 0.1) is 19.1 Å². The zero-order valence-electron chi connectivity index (χ0n) is 22.9. The fraction of sp³-hybridized carbons (Fsp3) is 0.500. The maximum atomic E-state index is 13.8. The highest BCUT2D eigenvalue weighted by atomic mass is 32.2. The average molecular weight is 532 g/mol. The van der Waals surface area contributed by atoms with Gasteiger partial charge < -0.3 is 15.0 Å². The average Bonchev–Trinajstić information content (AvgIpc) is 2.86. The summed E-state index contributed by atoms with van der Waals surface area (Å²) in [5, 5.41) is 2.93. The molecule has 2 rings (SSSR count). The normalized spacial score (nSPS) is 12.2. The van der Waals surface area contributed by atoms with Crippen LogP contribution in [-0.4, -0.2) is 57.6 Å². The van der Waals surface area contributed by atoms with Crippen LogP contribution in [0.1, 0.15) is 64.0 Å². The largest absolute Gasteiger partial charge is 0.497 e. The van der Waals surface area contributed by atoms with E-state index in [4.69, 9.17) is 4.74 Å². The number of hydrogen-bond donors (Lipinski definition) is 1. The number of para-hydroxylation sites is 1. The number of carbonyl (C=O) groups is 2. The Balaban J connectivity index is 2.46. The summed E-state index contributed by atoms with van der Waals surface area (Å²) in [6.45, 7) is 8.12. The summed E-state index contributed by atoms with van der Waals surface area (Å²) < 4.78 is 32.2. The molecule has 0 saturated carbocycles. The lowest BCUT2D eigenvalue weighted by atomic mass is 10.0. The lowest BCUT2D eigenvalue weighted by Gasteiger charge is -2.33. The highest BCUT2D eigenvalue weighted by Crippen LogP contribution is 2.29. The Morgan fingerprint density at radius 1 is 1.03 bits per heavy atom. The zero-order valence-corrected chi connectivity index (χ0v) is 23.7. The van der Waals surface area contributed by atoms with Crippen molar-refractivity contribution in [3.63, 3.8) is 0 Å². The molecule has 0 aliphatic heterocycles. The monoisotopic (exact) mass is 531 g/mol. The molecule has 0 aliphatic carbocycles. The minimum Gasteiger partial charge on any atom is -0.497 e. The molecule has 0 heterocycles. The maximum Gasteiger partial charge on any atom is 0.244 e. The molecule has 1 atom stereocenters. The molecule has 1 unspecified atom stereocenters. The predicted octanol–water partition coefficient (Wildman–Crippen LogP) is 4.31. The topological polar surface area (TPSA) is 96.0 Å². The molecule has 9 heteroatoms. The van der Waals surface area contributed by atoms with E-state index in [1.807, 2.05) is 52.0 Å². The number of nitrogens with zero attached hydrogens (tertiary/aromatic N) is 2. The first-order valence-corrected chi connectivity index (χ1v) is 14.6. The summed E-state index contributed by atoms with van der Waals surface area (Å²) in [6.07, 6.45) is 3.26. The molecule has 37 heavy (non-hydrogen) atoms. The molecule has 1 N–H and O–H groups in total. The second kappa shape index (κ2) is 14.0.